The number of aromatic carboxylic acids is 1. The van der Waals surface area contributed by atoms with Gasteiger partial charge in [0.1, 0.15) is 5.69 Å². The zero-order valence-corrected chi connectivity index (χ0v) is 11.8. The van der Waals surface area contributed by atoms with E-state index in [1.807, 2.05) is 6.92 Å². The molecule has 2 aromatic rings. The van der Waals surface area contributed by atoms with Crippen molar-refractivity contribution in [2.24, 2.45) is 0 Å². The van der Waals surface area contributed by atoms with Gasteiger partial charge in [0.25, 0.3) is 0 Å². The first-order chi connectivity index (χ1) is 10.1. The molecule has 0 bridgehead atoms. The van der Waals surface area contributed by atoms with Crippen LogP contribution in [0.25, 0.3) is 0 Å². The van der Waals surface area contributed by atoms with Crippen molar-refractivity contribution in [3.63, 3.8) is 0 Å². The molecule has 21 heavy (non-hydrogen) atoms. The maximum absolute atomic E-state index is 11.0. The van der Waals surface area contributed by atoms with Gasteiger partial charge in [0, 0.05) is 18.8 Å². The van der Waals surface area contributed by atoms with Crippen molar-refractivity contribution in [1.29, 1.82) is 0 Å². The lowest BCUT2D eigenvalue weighted by molar-refractivity contribution is 0.0697. The zero-order chi connectivity index (χ0) is 15.2. The number of rotatable bonds is 7. The Labute approximate surface area is 122 Å². The number of carboxylic acids is 1. The summed E-state index contributed by atoms with van der Waals surface area (Å²) in [5.41, 5.74) is 2.73. The standard InChI is InChI=1S/C14H18N4O3/c1-10-3-4-11(14(20)21)7-13(10)15-8-12-9-18(17-16-12)5-2-6-19/h3-4,7,9,15,19H,2,5-6,8H2,1H3,(H,20,21). The van der Waals surface area contributed by atoms with E-state index < -0.39 is 5.97 Å². The maximum atomic E-state index is 11.0. The fraction of sp³-hybridized carbons (Fsp3) is 0.357. The molecule has 1 heterocycles. The Morgan fingerprint density at radius 2 is 2.24 bits per heavy atom. The van der Waals surface area contributed by atoms with Crippen molar-refractivity contribution >= 4 is 11.7 Å². The first-order valence-corrected chi connectivity index (χ1v) is 6.68. The maximum Gasteiger partial charge on any atom is 0.335 e. The van der Waals surface area contributed by atoms with Gasteiger partial charge in [0.05, 0.1) is 18.3 Å². The average Bonchev–Trinajstić information content (AvgIpc) is 2.92. The summed E-state index contributed by atoms with van der Waals surface area (Å²) in [6.07, 6.45) is 2.44. The average molecular weight is 290 g/mol. The molecule has 0 aliphatic heterocycles. The van der Waals surface area contributed by atoms with Gasteiger partial charge in [0.2, 0.25) is 0 Å². The van der Waals surface area contributed by atoms with E-state index in [1.54, 1.807) is 29.1 Å². The summed E-state index contributed by atoms with van der Waals surface area (Å²) >= 11 is 0. The molecule has 1 aromatic heterocycles. The van der Waals surface area contributed by atoms with Crippen LogP contribution in [-0.2, 0) is 13.1 Å². The van der Waals surface area contributed by atoms with Gasteiger partial charge in [0.15, 0.2) is 0 Å². The number of nitrogens with zero attached hydrogens (tertiary/aromatic N) is 3. The number of hydrogen-bond acceptors (Lipinski definition) is 5. The lowest BCUT2D eigenvalue weighted by atomic mass is 10.1. The van der Waals surface area contributed by atoms with Crippen molar-refractivity contribution in [2.75, 3.05) is 11.9 Å². The molecular weight excluding hydrogens is 272 g/mol. The molecule has 0 aliphatic rings. The van der Waals surface area contributed by atoms with E-state index in [2.05, 4.69) is 15.6 Å². The van der Waals surface area contributed by atoms with Gasteiger partial charge in [-0.25, -0.2) is 4.79 Å². The van der Waals surface area contributed by atoms with Crippen molar-refractivity contribution < 1.29 is 15.0 Å². The molecule has 0 spiro atoms. The first kappa shape index (κ1) is 15.0. The van der Waals surface area contributed by atoms with Crippen LogP contribution in [0.1, 0.15) is 28.0 Å². The second-order valence-corrected chi connectivity index (χ2v) is 4.74. The molecule has 0 atom stereocenters. The van der Waals surface area contributed by atoms with Crippen molar-refractivity contribution in [3.05, 3.63) is 41.2 Å². The Balaban J connectivity index is 2.00. The molecule has 0 saturated carbocycles. The number of aliphatic hydroxyl groups excluding tert-OH is 1. The third kappa shape index (κ3) is 4.03. The van der Waals surface area contributed by atoms with E-state index in [1.165, 1.54) is 0 Å². The molecule has 112 valence electrons. The molecule has 1 aromatic carbocycles. The Morgan fingerprint density at radius 3 is 2.95 bits per heavy atom. The smallest absolute Gasteiger partial charge is 0.335 e. The Morgan fingerprint density at radius 1 is 1.43 bits per heavy atom. The molecular formula is C14H18N4O3. The molecule has 0 fully saturated rings. The van der Waals surface area contributed by atoms with Crippen LogP contribution in [0.4, 0.5) is 5.69 Å². The molecule has 0 saturated heterocycles. The fourth-order valence-corrected chi connectivity index (χ4v) is 1.89. The lowest BCUT2D eigenvalue weighted by Crippen LogP contribution is -2.04. The molecule has 7 heteroatoms. The number of aliphatic hydroxyl groups is 1. The summed E-state index contributed by atoms with van der Waals surface area (Å²) < 4.78 is 1.67. The minimum atomic E-state index is -0.951. The summed E-state index contributed by atoms with van der Waals surface area (Å²) in [6, 6.07) is 4.95. The number of carboxylic acid groups (broad SMARTS) is 1. The van der Waals surface area contributed by atoms with Crippen LogP contribution in [0.15, 0.2) is 24.4 Å². The van der Waals surface area contributed by atoms with E-state index in [9.17, 15) is 4.79 Å². The highest BCUT2D eigenvalue weighted by Crippen LogP contribution is 2.17. The van der Waals surface area contributed by atoms with Gasteiger partial charge >= 0.3 is 5.97 Å². The van der Waals surface area contributed by atoms with Crippen LogP contribution in [0.5, 0.6) is 0 Å². The number of benzene rings is 1. The normalized spacial score (nSPS) is 10.6. The molecule has 0 aliphatic carbocycles. The van der Waals surface area contributed by atoms with Crippen LogP contribution < -0.4 is 5.32 Å². The highest BCUT2D eigenvalue weighted by atomic mass is 16.4. The van der Waals surface area contributed by atoms with E-state index >= 15 is 0 Å². The number of nitrogens with one attached hydrogen (secondary N) is 1. The fourth-order valence-electron chi connectivity index (χ4n) is 1.89. The Kier molecular flexibility index (Phi) is 4.89. The van der Waals surface area contributed by atoms with Crippen LogP contribution >= 0.6 is 0 Å². The van der Waals surface area contributed by atoms with Crippen LogP contribution in [0.3, 0.4) is 0 Å². The van der Waals surface area contributed by atoms with Gasteiger partial charge < -0.3 is 15.5 Å². The topological polar surface area (TPSA) is 100 Å². The second kappa shape index (κ2) is 6.85. The van der Waals surface area contributed by atoms with Crippen molar-refractivity contribution in [1.82, 2.24) is 15.0 Å². The summed E-state index contributed by atoms with van der Waals surface area (Å²) in [6.45, 7) is 3.11. The van der Waals surface area contributed by atoms with Crippen molar-refractivity contribution in [3.8, 4) is 0 Å². The molecule has 0 amide bonds. The second-order valence-electron chi connectivity index (χ2n) is 4.74. The first-order valence-electron chi connectivity index (χ1n) is 6.68. The van der Waals surface area contributed by atoms with E-state index in [0.29, 0.717) is 19.5 Å². The van der Waals surface area contributed by atoms with Crippen molar-refractivity contribution in [2.45, 2.75) is 26.4 Å². The van der Waals surface area contributed by atoms with Gasteiger partial charge in [-0.1, -0.05) is 11.3 Å². The monoisotopic (exact) mass is 290 g/mol. The third-order valence-corrected chi connectivity index (χ3v) is 3.08. The predicted octanol–water partition coefficient (Wildman–Crippen LogP) is 1.28. The Bertz CT molecular complexity index is 624. The SMILES string of the molecule is Cc1ccc(C(=O)O)cc1NCc1cn(CCCO)nn1. The minimum Gasteiger partial charge on any atom is -0.478 e. The number of hydrogen-bond donors (Lipinski definition) is 3. The van der Waals surface area contributed by atoms with Crippen LogP contribution in [-0.4, -0.2) is 37.8 Å². The molecule has 0 radical (unpaired) electrons. The number of carbonyl (C=O) groups is 1. The lowest BCUT2D eigenvalue weighted by Gasteiger charge is -2.08. The minimum absolute atomic E-state index is 0.120. The van der Waals surface area contributed by atoms with Gasteiger partial charge in [-0.15, -0.1) is 5.10 Å². The number of aryl methyl sites for hydroxylation is 2. The highest BCUT2D eigenvalue weighted by molar-refractivity contribution is 5.89. The molecule has 2 rings (SSSR count). The number of aromatic nitrogens is 3. The van der Waals surface area contributed by atoms with E-state index in [0.717, 1.165) is 16.9 Å². The number of anilines is 1. The van der Waals surface area contributed by atoms with E-state index in [4.69, 9.17) is 10.2 Å². The van der Waals surface area contributed by atoms with Crippen LogP contribution in [0, 0.1) is 6.92 Å². The van der Waals surface area contributed by atoms with Gasteiger partial charge in [-0.2, -0.15) is 0 Å². The quantitative estimate of drug-likeness (QED) is 0.710. The summed E-state index contributed by atoms with van der Waals surface area (Å²) in [4.78, 5) is 11.0. The summed E-state index contributed by atoms with van der Waals surface area (Å²) in [5, 5.41) is 28.9. The Hall–Kier alpha value is -2.41. The zero-order valence-electron chi connectivity index (χ0n) is 11.8. The molecule has 7 nitrogen and oxygen atoms in total. The molecule has 0 unspecified atom stereocenters. The highest BCUT2D eigenvalue weighted by Gasteiger charge is 2.07. The van der Waals surface area contributed by atoms with Crippen LogP contribution in [0.2, 0.25) is 0 Å². The summed E-state index contributed by atoms with van der Waals surface area (Å²) in [7, 11) is 0. The van der Waals surface area contributed by atoms with Gasteiger partial charge in [-0.05, 0) is 31.0 Å². The largest absolute Gasteiger partial charge is 0.478 e. The summed E-state index contributed by atoms with van der Waals surface area (Å²) in [5.74, 6) is -0.951. The van der Waals surface area contributed by atoms with E-state index in [-0.39, 0.29) is 12.2 Å². The van der Waals surface area contributed by atoms with Gasteiger partial charge in [-0.3, -0.25) is 4.68 Å². The molecule has 3 N–H and O–H groups in total. The predicted molar refractivity (Wildman–Crippen MR) is 77.2 cm³/mol. The third-order valence-electron chi connectivity index (χ3n) is 3.08.